The molecule has 1 aliphatic carbocycles. The molecule has 0 heterocycles. The van der Waals surface area contributed by atoms with Gasteiger partial charge >= 0.3 is 5.69 Å². The minimum absolute atomic E-state index is 0.162. The quantitative estimate of drug-likeness (QED) is 0.465. The molecular weight excluding hydrogens is 336 g/mol. The normalized spacial score (nSPS) is 28.9. The van der Waals surface area contributed by atoms with Crippen molar-refractivity contribution >= 4 is 21.6 Å². The molecule has 0 N–H and O–H groups in total. The predicted octanol–water partition coefficient (Wildman–Crippen LogP) is 4.20. The smallest absolute Gasteiger partial charge is 0.307 e. The van der Waals surface area contributed by atoms with Crippen LogP contribution in [0.5, 0.6) is 5.75 Å². The van der Waals surface area contributed by atoms with Gasteiger partial charge in [-0.25, -0.2) is 4.39 Å². The van der Waals surface area contributed by atoms with Crippen LogP contribution in [0.2, 0.25) is 0 Å². The van der Waals surface area contributed by atoms with Crippen molar-refractivity contribution in [3.05, 3.63) is 33.9 Å². The van der Waals surface area contributed by atoms with Gasteiger partial charge in [0.05, 0.1) is 11.0 Å². The largest absolute Gasteiger partial charge is 0.487 e. The zero-order valence-corrected chi connectivity index (χ0v) is 12.6. The molecule has 4 nitrogen and oxygen atoms in total. The minimum atomic E-state index is -1.10. The summed E-state index contributed by atoms with van der Waals surface area (Å²) in [6.45, 7) is 4.00. The lowest BCUT2D eigenvalue weighted by Crippen LogP contribution is -2.54. The second kappa shape index (κ2) is 5.27. The summed E-state index contributed by atoms with van der Waals surface area (Å²) in [5.74, 6) is -2.30. The Kier molecular flexibility index (Phi) is 4.00. The summed E-state index contributed by atoms with van der Waals surface area (Å²) in [6.07, 6.45) is 1.26. The second-order valence-corrected chi connectivity index (χ2v) is 6.27. The van der Waals surface area contributed by atoms with Gasteiger partial charge in [0.25, 0.3) is 0 Å². The minimum Gasteiger partial charge on any atom is -0.487 e. The molecule has 20 heavy (non-hydrogen) atoms. The molecule has 7 heteroatoms. The number of hydrogen-bond acceptors (Lipinski definition) is 3. The Morgan fingerprint density at radius 2 is 2.15 bits per heavy atom. The van der Waals surface area contributed by atoms with E-state index in [1.54, 1.807) is 0 Å². The van der Waals surface area contributed by atoms with E-state index in [0.29, 0.717) is 12.5 Å². The lowest BCUT2D eigenvalue weighted by Gasteiger charge is -2.50. The molecule has 0 spiro atoms. The highest BCUT2D eigenvalue weighted by Crippen LogP contribution is 2.50. The first-order chi connectivity index (χ1) is 9.29. The van der Waals surface area contributed by atoms with Gasteiger partial charge in [0, 0.05) is 16.3 Å². The summed E-state index contributed by atoms with van der Waals surface area (Å²) in [5, 5.41) is 10.5. The zero-order valence-electron chi connectivity index (χ0n) is 11.0. The number of benzene rings is 1. The van der Waals surface area contributed by atoms with Crippen LogP contribution in [0.15, 0.2) is 12.1 Å². The van der Waals surface area contributed by atoms with Crippen LogP contribution in [0.4, 0.5) is 14.5 Å². The monoisotopic (exact) mass is 349 g/mol. The molecule has 0 amide bonds. The molecule has 1 aliphatic rings. The number of hydrogen-bond donors (Lipinski definition) is 0. The van der Waals surface area contributed by atoms with Gasteiger partial charge in [0.2, 0.25) is 5.82 Å². The van der Waals surface area contributed by atoms with Crippen molar-refractivity contribution < 1.29 is 18.4 Å². The van der Waals surface area contributed by atoms with Gasteiger partial charge in [0.1, 0.15) is 6.10 Å². The molecule has 3 unspecified atom stereocenters. The van der Waals surface area contributed by atoms with Crippen molar-refractivity contribution in [2.24, 2.45) is 5.41 Å². The number of nitro benzene ring substituents is 1. The first-order valence-electron chi connectivity index (χ1n) is 6.23. The lowest BCUT2D eigenvalue weighted by molar-refractivity contribution is -0.387. The van der Waals surface area contributed by atoms with E-state index >= 15 is 0 Å². The Morgan fingerprint density at radius 1 is 1.50 bits per heavy atom. The predicted molar refractivity (Wildman–Crippen MR) is 73.2 cm³/mol. The van der Waals surface area contributed by atoms with E-state index in [2.05, 4.69) is 15.9 Å². The molecule has 2 rings (SSSR count). The third-order valence-corrected chi connectivity index (χ3v) is 5.52. The maximum Gasteiger partial charge on any atom is 0.307 e. The summed E-state index contributed by atoms with van der Waals surface area (Å²) in [4.78, 5) is 9.82. The van der Waals surface area contributed by atoms with Crippen LogP contribution >= 0.6 is 15.9 Å². The molecule has 0 aromatic heterocycles. The Labute approximate surface area is 123 Å². The number of nitro groups is 1. The zero-order chi connectivity index (χ0) is 15.1. The van der Waals surface area contributed by atoms with E-state index in [-0.39, 0.29) is 22.1 Å². The van der Waals surface area contributed by atoms with E-state index in [4.69, 9.17) is 4.74 Å². The van der Waals surface area contributed by atoms with Gasteiger partial charge in [-0.15, -0.1) is 0 Å². The standard InChI is InChI=1S/C13H14BrF2NO3/c1-3-13(2)11(14)6-12(13)20-10-5-7(15)9(17(18)19)4-8(10)16/h4-5,11-12H,3,6H2,1-2H3. The molecule has 3 atom stereocenters. The summed E-state index contributed by atoms with van der Waals surface area (Å²) >= 11 is 3.52. The summed E-state index contributed by atoms with van der Waals surface area (Å²) in [7, 11) is 0. The number of rotatable bonds is 4. The average molecular weight is 350 g/mol. The summed E-state index contributed by atoms with van der Waals surface area (Å²) < 4.78 is 32.8. The average Bonchev–Trinajstić information content (AvgIpc) is 2.40. The fourth-order valence-corrected chi connectivity index (χ4v) is 3.26. The molecule has 0 radical (unpaired) electrons. The topological polar surface area (TPSA) is 52.4 Å². The number of alkyl halides is 1. The van der Waals surface area contributed by atoms with E-state index < -0.39 is 22.2 Å². The van der Waals surface area contributed by atoms with E-state index in [0.717, 1.165) is 12.5 Å². The van der Waals surface area contributed by atoms with Gasteiger partial charge in [-0.1, -0.05) is 29.8 Å². The maximum absolute atomic E-state index is 13.8. The lowest BCUT2D eigenvalue weighted by atomic mass is 9.65. The van der Waals surface area contributed by atoms with Gasteiger partial charge in [-0.3, -0.25) is 10.1 Å². The van der Waals surface area contributed by atoms with Crippen molar-refractivity contribution in [2.75, 3.05) is 0 Å². The first-order valence-corrected chi connectivity index (χ1v) is 7.15. The van der Waals surface area contributed by atoms with Crippen LogP contribution in [-0.2, 0) is 0 Å². The number of nitrogens with zero attached hydrogens (tertiary/aromatic N) is 1. The van der Waals surface area contributed by atoms with Crippen LogP contribution in [-0.4, -0.2) is 15.9 Å². The van der Waals surface area contributed by atoms with Crippen molar-refractivity contribution in [1.29, 1.82) is 0 Å². The van der Waals surface area contributed by atoms with Gasteiger partial charge in [-0.05, 0) is 12.8 Å². The number of halogens is 3. The van der Waals surface area contributed by atoms with Crippen molar-refractivity contribution in [3.63, 3.8) is 0 Å². The molecule has 110 valence electrons. The van der Waals surface area contributed by atoms with Crippen LogP contribution in [0.25, 0.3) is 0 Å². The van der Waals surface area contributed by atoms with Crippen molar-refractivity contribution in [1.82, 2.24) is 0 Å². The highest BCUT2D eigenvalue weighted by molar-refractivity contribution is 9.09. The fourth-order valence-electron chi connectivity index (χ4n) is 2.30. The third kappa shape index (κ3) is 2.39. The van der Waals surface area contributed by atoms with E-state index in [1.165, 1.54) is 0 Å². The van der Waals surface area contributed by atoms with Crippen LogP contribution < -0.4 is 4.74 Å². The van der Waals surface area contributed by atoms with E-state index in [1.807, 2.05) is 13.8 Å². The van der Waals surface area contributed by atoms with Crippen LogP contribution in [0.3, 0.4) is 0 Å². The molecule has 1 aromatic rings. The van der Waals surface area contributed by atoms with Gasteiger partial charge in [0.15, 0.2) is 11.6 Å². The molecule has 0 bridgehead atoms. The fraction of sp³-hybridized carbons (Fsp3) is 0.538. The van der Waals surface area contributed by atoms with Gasteiger partial charge < -0.3 is 4.74 Å². The summed E-state index contributed by atoms with van der Waals surface area (Å²) in [6, 6.07) is 1.29. The van der Waals surface area contributed by atoms with Gasteiger partial charge in [-0.2, -0.15) is 4.39 Å². The Bertz CT molecular complexity index is 555. The van der Waals surface area contributed by atoms with E-state index in [9.17, 15) is 18.9 Å². The Hall–Kier alpha value is -1.24. The number of ether oxygens (including phenoxy) is 1. The summed E-state index contributed by atoms with van der Waals surface area (Å²) in [5.41, 5.74) is -1.05. The van der Waals surface area contributed by atoms with Crippen molar-refractivity contribution in [3.8, 4) is 5.75 Å². The highest BCUT2D eigenvalue weighted by Gasteiger charge is 2.51. The molecule has 1 aromatic carbocycles. The molecule has 0 saturated heterocycles. The SMILES string of the molecule is CCC1(C)C(Br)CC1Oc1cc(F)c([N+](=O)[O-])cc1F. The Morgan fingerprint density at radius 3 is 2.65 bits per heavy atom. The molecule has 1 fully saturated rings. The Balaban J connectivity index is 2.23. The molecule has 1 saturated carbocycles. The maximum atomic E-state index is 13.8. The first kappa shape index (κ1) is 15.2. The van der Waals surface area contributed by atoms with Crippen LogP contribution in [0.1, 0.15) is 26.7 Å². The highest BCUT2D eigenvalue weighted by atomic mass is 79.9. The van der Waals surface area contributed by atoms with Crippen molar-refractivity contribution in [2.45, 2.75) is 37.6 Å². The second-order valence-electron chi connectivity index (χ2n) is 5.16. The molecular formula is C13H14BrF2NO3. The third-order valence-electron chi connectivity index (χ3n) is 4.10. The van der Waals surface area contributed by atoms with Crippen LogP contribution in [0, 0.1) is 27.2 Å². The molecule has 0 aliphatic heterocycles.